The van der Waals surface area contributed by atoms with Crippen LogP contribution in [0.3, 0.4) is 0 Å². The molecule has 1 aliphatic rings. The molecule has 2 atom stereocenters. The van der Waals surface area contributed by atoms with Gasteiger partial charge >= 0.3 is 0 Å². The third-order valence-corrected chi connectivity index (χ3v) is 3.65. The zero-order valence-electron chi connectivity index (χ0n) is 11.8. The summed E-state index contributed by atoms with van der Waals surface area (Å²) >= 11 is 0. The summed E-state index contributed by atoms with van der Waals surface area (Å²) < 4.78 is 17.0. The molecule has 2 rings (SSSR count). The maximum Gasteiger partial charge on any atom is 0.210 e. The number of hydrogen-bond donors (Lipinski definition) is 0. The summed E-state index contributed by atoms with van der Waals surface area (Å²) in [5.41, 5.74) is 2.43. The first-order valence-electron chi connectivity index (χ1n) is 6.40. The molecule has 0 spiro atoms. The van der Waals surface area contributed by atoms with Gasteiger partial charge in [0.25, 0.3) is 0 Å². The topological polar surface area (TPSA) is 27.7 Å². The predicted molar refractivity (Wildman–Crippen MR) is 70.9 cm³/mol. The van der Waals surface area contributed by atoms with Crippen molar-refractivity contribution in [2.45, 2.75) is 45.0 Å². The van der Waals surface area contributed by atoms with E-state index in [4.69, 9.17) is 14.2 Å². The number of hydrogen-bond acceptors (Lipinski definition) is 3. The molecule has 18 heavy (non-hydrogen) atoms. The third-order valence-electron chi connectivity index (χ3n) is 3.65. The zero-order chi connectivity index (χ0) is 13.3. The van der Waals surface area contributed by atoms with E-state index >= 15 is 0 Å². The first kappa shape index (κ1) is 13.4. The molecule has 0 radical (unpaired) electrons. The lowest BCUT2D eigenvalue weighted by Gasteiger charge is -2.38. The summed E-state index contributed by atoms with van der Waals surface area (Å²) in [5.74, 6) is 0.762. The van der Waals surface area contributed by atoms with Gasteiger partial charge in [-0.25, -0.2) is 0 Å². The predicted octanol–water partition coefficient (Wildman–Crippen LogP) is 3.64. The Morgan fingerprint density at radius 1 is 1.33 bits per heavy atom. The van der Waals surface area contributed by atoms with Gasteiger partial charge in [-0.15, -0.1) is 0 Å². The van der Waals surface area contributed by atoms with E-state index in [-0.39, 0.29) is 6.10 Å². The first-order chi connectivity index (χ1) is 8.49. The van der Waals surface area contributed by atoms with Crippen LogP contribution in [0.4, 0.5) is 0 Å². The Labute approximate surface area is 109 Å². The SMILES string of the molecule is COC1CC(C)(OC)Oc2ccc(C(C)C)cc21. The summed E-state index contributed by atoms with van der Waals surface area (Å²) in [6, 6.07) is 6.31. The maximum atomic E-state index is 5.93. The van der Waals surface area contributed by atoms with E-state index in [2.05, 4.69) is 26.0 Å². The molecule has 0 fully saturated rings. The minimum atomic E-state index is -0.604. The van der Waals surface area contributed by atoms with Crippen molar-refractivity contribution in [3.05, 3.63) is 29.3 Å². The van der Waals surface area contributed by atoms with Crippen molar-refractivity contribution in [2.24, 2.45) is 0 Å². The van der Waals surface area contributed by atoms with E-state index in [0.29, 0.717) is 12.3 Å². The second-order valence-corrected chi connectivity index (χ2v) is 5.32. The molecule has 100 valence electrons. The van der Waals surface area contributed by atoms with Crippen molar-refractivity contribution in [2.75, 3.05) is 14.2 Å². The van der Waals surface area contributed by atoms with Crippen LogP contribution in [0.25, 0.3) is 0 Å². The number of methoxy groups -OCH3 is 2. The summed E-state index contributed by atoms with van der Waals surface area (Å²) in [7, 11) is 3.40. The van der Waals surface area contributed by atoms with Crippen LogP contribution in [0.15, 0.2) is 18.2 Å². The lowest BCUT2D eigenvalue weighted by molar-refractivity contribution is -0.184. The molecule has 1 heterocycles. The molecule has 0 saturated carbocycles. The van der Waals surface area contributed by atoms with Gasteiger partial charge in [-0.1, -0.05) is 19.9 Å². The highest BCUT2D eigenvalue weighted by atomic mass is 16.7. The van der Waals surface area contributed by atoms with Gasteiger partial charge in [0.15, 0.2) is 0 Å². The molecule has 0 aliphatic carbocycles. The molecule has 0 saturated heterocycles. The van der Waals surface area contributed by atoms with Gasteiger partial charge in [-0.05, 0) is 23.6 Å². The molecule has 0 amide bonds. The first-order valence-corrected chi connectivity index (χ1v) is 6.40. The Morgan fingerprint density at radius 2 is 2.06 bits per heavy atom. The number of benzene rings is 1. The van der Waals surface area contributed by atoms with E-state index in [9.17, 15) is 0 Å². The quantitative estimate of drug-likeness (QED) is 0.819. The third kappa shape index (κ3) is 2.38. The fourth-order valence-corrected chi connectivity index (χ4v) is 2.33. The molecule has 3 heteroatoms. The molecule has 0 bridgehead atoms. The monoisotopic (exact) mass is 250 g/mol. The number of rotatable bonds is 3. The van der Waals surface area contributed by atoms with E-state index in [1.807, 2.05) is 13.0 Å². The smallest absolute Gasteiger partial charge is 0.210 e. The molecular weight excluding hydrogens is 228 g/mol. The van der Waals surface area contributed by atoms with Gasteiger partial charge in [0, 0.05) is 33.1 Å². The van der Waals surface area contributed by atoms with E-state index in [1.165, 1.54) is 5.56 Å². The second-order valence-electron chi connectivity index (χ2n) is 5.32. The largest absolute Gasteiger partial charge is 0.462 e. The van der Waals surface area contributed by atoms with Crippen molar-refractivity contribution in [1.29, 1.82) is 0 Å². The van der Waals surface area contributed by atoms with E-state index in [0.717, 1.165) is 11.3 Å². The van der Waals surface area contributed by atoms with Gasteiger partial charge in [0.1, 0.15) is 5.75 Å². The van der Waals surface area contributed by atoms with Crippen molar-refractivity contribution in [3.8, 4) is 5.75 Å². The van der Waals surface area contributed by atoms with Crippen molar-refractivity contribution >= 4 is 0 Å². The van der Waals surface area contributed by atoms with Crippen LogP contribution in [0, 0.1) is 0 Å². The summed E-state index contributed by atoms with van der Waals surface area (Å²) in [4.78, 5) is 0. The molecule has 1 aromatic carbocycles. The standard InChI is InChI=1S/C15H22O3/c1-10(2)11-6-7-13-12(8-11)14(16-4)9-15(3,17-5)18-13/h6-8,10,14H,9H2,1-5H3. The van der Waals surface area contributed by atoms with E-state index in [1.54, 1.807) is 14.2 Å². The molecule has 3 nitrogen and oxygen atoms in total. The maximum absolute atomic E-state index is 5.93. The molecule has 1 aromatic rings. The normalized spacial score (nSPS) is 26.9. The van der Waals surface area contributed by atoms with Crippen molar-refractivity contribution in [3.63, 3.8) is 0 Å². The van der Waals surface area contributed by atoms with Crippen LogP contribution in [-0.2, 0) is 9.47 Å². The highest BCUT2D eigenvalue weighted by Crippen LogP contribution is 2.42. The van der Waals surface area contributed by atoms with Gasteiger partial charge in [-0.3, -0.25) is 0 Å². The highest BCUT2D eigenvalue weighted by molar-refractivity contribution is 5.41. The highest BCUT2D eigenvalue weighted by Gasteiger charge is 2.37. The molecule has 2 unspecified atom stereocenters. The zero-order valence-corrected chi connectivity index (χ0v) is 11.8. The van der Waals surface area contributed by atoms with Crippen molar-refractivity contribution < 1.29 is 14.2 Å². The average molecular weight is 250 g/mol. The van der Waals surface area contributed by atoms with Crippen LogP contribution in [-0.4, -0.2) is 20.0 Å². The molecule has 0 aromatic heterocycles. The van der Waals surface area contributed by atoms with Crippen LogP contribution in [0.5, 0.6) is 5.75 Å². The fraction of sp³-hybridized carbons (Fsp3) is 0.600. The van der Waals surface area contributed by atoms with Gasteiger partial charge in [0.05, 0.1) is 6.10 Å². The molecular formula is C15H22O3. The number of ether oxygens (including phenoxy) is 3. The molecule has 1 aliphatic heterocycles. The lowest BCUT2D eigenvalue weighted by atomic mass is 9.93. The second kappa shape index (κ2) is 4.90. The summed E-state index contributed by atoms with van der Waals surface area (Å²) in [6.45, 7) is 6.32. The Bertz CT molecular complexity index is 428. The minimum Gasteiger partial charge on any atom is -0.462 e. The van der Waals surface area contributed by atoms with Crippen LogP contribution in [0.2, 0.25) is 0 Å². The number of fused-ring (bicyclic) bond motifs is 1. The minimum absolute atomic E-state index is 0.0254. The average Bonchev–Trinajstić information content (AvgIpc) is 2.37. The van der Waals surface area contributed by atoms with E-state index < -0.39 is 5.79 Å². The fourth-order valence-electron chi connectivity index (χ4n) is 2.33. The van der Waals surface area contributed by atoms with Crippen LogP contribution in [0.1, 0.15) is 50.3 Å². The van der Waals surface area contributed by atoms with Crippen LogP contribution < -0.4 is 4.74 Å². The Kier molecular flexibility index (Phi) is 3.64. The van der Waals surface area contributed by atoms with Crippen molar-refractivity contribution in [1.82, 2.24) is 0 Å². The van der Waals surface area contributed by atoms with Gasteiger partial charge in [0.2, 0.25) is 5.79 Å². The lowest BCUT2D eigenvalue weighted by Crippen LogP contribution is -2.40. The summed E-state index contributed by atoms with van der Waals surface area (Å²) in [6.07, 6.45) is 0.728. The van der Waals surface area contributed by atoms with Gasteiger partial charge < -0.3 is 14.2 Å². The molecule has 0 N–H and O–H groups in total. The summed E-state index contributed by atoms with van der Waals surface area (Å²) in [5, 5.41) is 0. The Hall–Kier alpha value is -1.06. The van der Waals surface area contributed by atoms with Crippen LogP contribution >= 0.6 is 0 Å². The van der Waals surface area contributed by atoms with Gasteiger partial charge in [-0.2, -0.15) is 0 Å². The Morgan fingerprint density at radius 3 is 2.61 bits per heavy atom. The Balaban J connectivity index is 2.41.